The van der Waals surface area contributed by atoms with Gasteiger partial charge in [0.15, 0.2) is 0 Å². The van der Waals surface area contributed by atoms with Gasteiger partial charge in [-0.2, -0.15) is 0 Å². The van der Waals surface area contributed by atoms with Crippen molar-refractivity contribution >= 4 is 28.2 Å². The van der Waals surface area contributed by atoms with E-state index in [0.717, 1.165) is 11.3 Å². The Morgan fingerprint density at radius 2 is 1.77 bits per heavy atom. The standard InChI is InChI=1S/C20H15ClN4O/c21-17-11-16(20(26)19-15(17)4-2-8-24-19)18(13-5-9-22-10-6-13)25-14-3-1-7-23-12-14/h1-12,18,25-26H. The third-order valence-corrected chi connectivity index (χ3v) is 4.48. The predicted molar refractivity (Wildman–Crippen MR) is 102 cm³/mol. The van der Waals surface area contributed by atoms with Crippen molar-refractivity contribution in [1.82, 2.24) is 15.0 Å². The van der Waals surface area contributed by atoms with Gasteiger partial charge in [-0.05, 0) is 48.0 Å². The highest BCUT2D eigenvalue weighted by atomic mass is 35.5. The molecule has 3 heterocycles. The molecule has 1 atom stereocenters. The zero-order valence-electron chi connectivity index (χ0n) is 13.7. The van der Waals surface area contributed by atoms with E-state index in [1.807, 2.05) is 30.3 Å². The Labute approximate surface area is 155 Å². The molecule has 6 heteroatoms. The van der Waals surface area contributed by atoms with Gasteiger partial charge in [0.2, 0.25) is 0 Å². The van der Waals surface area contributed by atoms with Crippen LogP contribution in [0.3, 0.4) is 0 Å². The third-order valence-electron chi connectivity index (χ3n) is 4.17. The predicted octanol–water partition coefficient (Wildman–Crippen LogP) is 4.59. The molecule has 0 aliphatic heterocycles. The molecule has 0 radical (unpaired) electrons. The number of aromatic hydroxyl groups is 1. The Morgan fingerprint density at radius 3 is 2.54 bits per heavy atom. The van der Waals surface area contributed by atoms with Crippen LogP contribution < -0.4 is 5.32 Å². The molecule has 0 bridgehead atoms. The number of phenolic OH excluding ortho intramolecular Hbond substituents is 1. The molecule has 0 fully saturated rings. The van der Waals surface area contributed by atoms with Crippen LogP contribution >= 0.6 is 11.6 Å². The van der Waals surface area contributed by atoms with Crippen LogP contribution in [0.1, 0.15) is 17.2 Å². The van der Waals surface area contributed by atoms with Crippen LogP contribution in [0, 0.1) is 0 Å². The Bertz CT molecular complexity index is 1040. The highest BCUT2D eigenvalue weighted by Gasteiger charge is 2.21. The number of hydrogen-bond acceptors (Lipinski definition) is 5. The summed E-state index contributed by atoms with van der Waals surface area (Å²) in [6.07, 6.45) is 8.50. The minimum absolute atomic E-state index is 0.100. The molecule has 3 aromatic heterocycles. The summed E-state index contributed by atoms with van der Waals surface area (Å²) < 4.78 is 0. The lowest BCUT2D eigenvalue weighted by Gasteiger charge is -2.22. The summed E-state index contributed by atoms with van der Waals surface area (Å²) in [6.45, 7) is 0. The molecule has 0 aliphatic carbocycles. The summed E-state index contributed by atoms with van der Waals surface area (Å²) in [5.41, 5.74) is 2.87. The molecular formula is C20H15ClN4O. The van der Waals surface area contributed by atoms with E-state index < -0.39 is 0 Å². The summed E-state index contributed by atoms with van der Waals surface area (Å²) in [4.78, 5) is 12.5. The fourth-order valence-corrected chi connectivity index (χ4v) is 3.21. The Hall–Kier alpha value is -3.18. The smallest absolute Gasteiger partial charge is 0.147 e. The van der Waals surface area contributed by atoms with Crippen molar-refractivity contribution in [2.75, 3.05) is 5.32 Å². The van der Waals surface area contributed by atoms with E-state index in [1.54, 1.807) is 43.1 Å². The van der Waals surface area contributed by atoms with Crippen LogP contribution in [0.25, 0.3) is 10.9 Å². The van der Waals surface area contributed by atoms with Gasteiger partial charge in [-0.15, -0.1) is 0 Å². The summed E-state index contributed by atoms with van der Waals surface area (Å²) >= 11 is 6.47. The molecular weight excluding hydrogens is 348 g/mol. The number of hydrogen-bond donors (Lipinski definition) is 2. The molecule has 5 nitrogen and oxygen atoms in total. The van der Waals surface area contributed by atoms with Gasteiger partial charge >= 0.3 is 0 Å². The molecule has 0 aliphatic rings. The number of nitrogens with zero attached hydrogens (tertiary/aromatic N) is 3. The van der Waals surface area contributed by atoms with Crippen molar-refractivity contribution in [2.45, 2.75) is 6.04 Å². The molecule has 2 N–H and O–H groups in total. The minimum Gasteiger partial charge on any atom is -0.505 e. The van der Waals surface area contributed by atoms with Crippen LogP contribution in [0.15, 0.2) is 73.4 Å². The quantitative estimate of drug-likeness (QED) is 0.555. The summed E-state index contributed by atoms with van der Waals surface area (Å²) in [6, 6.07) is 12.6. The number of benzene rings is 1. The maximum absolute atomic E-state index is 10.9. The van der Waals surface area contributed by atoms with Crippen molar-refractivity contribution in [3.63, 3.8) is 0 Å². The molecule has 128 valence electrons. The third kappa shape index (κ3) is 3.05. The van der Waals surface area contributed by atoms with Gasteiger partial charge < -0.3 is 10.4 Å². The number of pyridine rings is 3. The average Bonchev–Trinajstić information content (AvgIpc) is 2.71. The van der Waals surface area contributed by atoms with E-state index in [4.69, 9.17) is 11.6 Å². The van der Waals surface area contributed by atoms with Gasteiger partial charge in [0.25, 0.3) is 0 Å². The second kappa shape index (κ2) is 6.98. The van der Waals surface area contributed by atoms with E-state index in [0.29, 0.717) is 21.5 Å². The van der Waals surface area contributed by atoms with Gasteiger partial charge in [0, 0.05) is 41.9 Å². The highest BCUT2D eigenvalue weighted by Crippen LogP contribution is 2.39. The first-order chi connectivity index (χ1) is 12.7. The fraction of sp³-hybridized carbons (Fsp3) is 0.0500. The lowest BCUT2D eigenvalue weighted by Crippen LogP contribution is -2.13. The Morgan fingerprint density at radius 1 is 0.962 bits per heavy atom. The first kappa shape index (κ1) is 16.3. The van der Waals surface area contributed by atoms with Gasteiger partial charge in [-0.3, -0.25) is 15.0 Å². The molecule has 0 amide bonds. The van der Waals surface area contributed by atoms with Crippen LogP contribution in [0.4, 0.5) is 5.69 Å². The monoisotopic (exact) mass is 362 g/mol. The number of phenols is 1. The van der Waals surface area contributed by atoms with Crippen molar-refractivity contribution < 1.29 is 5.11 Å². The lowest BCUT2D eigenvalue weighted by atomic mass is 9.96. The molecule has 1 unspecified atom stereocenters. The summed E-state index contributed by atoms with van der Waals surface area (Å²) in [5.74, 6) is 0.100. The van der Waals surface area contributed by atoms with E-state index in [2.05, 4.69) is 20.3 Å². The van der Waals surface area contributed by atoms with Gasteiger partial charge in [-0.25, -0.2) is 0 Å². The second-order valence-corrected chi connectivity index (χ2v) is 6.20. The van der Waals surface area contributed by atoms with Gasteiger partial charge in [0.05, 0.1) is 16.8 Å². The van der Waals surface area contributed by atoms with Crippen molar-refractivity contribution in [1.29, 1.82) is 0 Å². The van der Waals surface area contributed by atoms with Crippen LogP contribution in [-0.2, 0) is 0 Å². The molecule has 4 aromatic rings. The SMILES string of the molecule is Oc1c(C(Nc2cccnc2)c2ccncc2)cc(Cl)c2cccnc12. The molecule has 0 spiro atoms. The van der Waals surface area contributed by atoms with E-state index in [-0.39, 0.29) is 11.8 Å². The van der Waals surface area contributed by atoms with Gasteiger partial charge in [-0.1, -0.05) is 11.6 Å². The number of halogens is 1. The number of anilines is 1. The normalized spacial score (nSPS) is 12.0. The summed E-state index contributed by atoms with van der Waals surface area (Å²) in [7, 11) is 0. The Kier molecular flexibility index (Phi) is 4.37. The molecule has 0 saturated carbocycles. The highest BCUT2D eigenvalue weighted by molar-refractivity contribution is 6.35. The molecule has 26 heavy (non-hydrogen) atoms. The van der Waals surface area contributed by atoms with Crippen LogP contribution in [-0.4, -0.2) is 20.1 Å². The summed E-state index contributed by atoms with van der Waals surface area (Å²) in [5, 5.41) is 15.5. The fourth-order valence-electron chi connectivity index (χ4n) is 2.94. The largest absolute Gasteiger partial charge is 0.505 e. The lowest BCUT2D eigenvalue weighted by molar-refractivity contribution is 0.472. The first-order valence-electron chi connectivity index (χ1n) is 8.06. The van der Waals surface area contributed by atoms with E-state index in [9.17, 15) is 5.11 Å². The number of fused-ring (bicyclic) bond motifs is 1. The molecule has 0 saturated heterocycles. The number of aromatic nitrogens is 3. The second-order valence-electron chi connectivity index (χ2n) is 5.80. The van der Waals surface area contributed by atoms with Gasteiger partial charge in [0.1, 0.15) is 11.3 Å². The molecule has 4 rings (SSSR count). The van der Waals surface area contributed by atoms with E-state index in [1.165, 1.54) is 0 Å². The zero-order valence-corrected chi connectivity index (χ0v) is 14.4. The van der Waals surface area contributed by atoms with Crippen LogP contribution in [0.5, 0.6) is 5.75 Å². The van der Waals surface area contributed by atoms with Crippen molar-refractivity contribution in [3.05, 3.63) is 89.6 Å². The first-order valence-corrected chi connectivity index (χ1v) is 8.44. The van der Waals surface area contributed by atoms with Crippen molar-refractivity contribution in [3.8, 4) is 5.75 Å². The maximum atomic E-state index is 10.9. The van der Waals surface area contributed by atoms with Crippen molar-refractivity contribution in [2.24, 2.45) is 0 Å². The number of nitrogens with one attached hydrogen (secondary N) is 1. The average molecular weight is 363 g/mol. The minimum atomic E-state index is -0.342. The van der Waals surface area contributed by atoms with Crippen LogP contribution in [0.2, 0.25) is 5.02 Å². The zero-order chi connectivity index (χ0) is 17.9. The van der Waals surface area contributed by atoms with E-state index >= 15 is 0 Å². The Balaban J connectivity index is 1.89. The molecule has 1 aromatic carbocycles. The number of rotatable bonds is 4. The maximum Gasteiger partial charge on any atom is 0.147 e. The topological polar surface area (TPSA) is 70.9 Å².